The highest BCUT2D eigenvalue weighted by molar-refractivity contribution is 6.32. The molecule has 20 heavy (non-hydrogen) atoms. The number of hydrogen-bond donors (Lipinski definition) is 2. The summed E-state index contributed by atoms with van der Waals surface area (Å²) in [4.78, 5) is 10.9. The van der Waals surface area contributed by atoms with Gasteiger partial charge in [0.25, 0.3) is 0 Å². The van der Waals surface area contributed by atoms with Gasteiger partial charge < -0.3 is 14.9 Å². The van der Waals surface area contributed by atoms with Crippen LogP contribution in [0.5, 0.6) is 11.5 Å². The average molecular weight is 297 g/mol. The lowest BCUT2D eigenvalue weighted by Gasteiger charge is -2.13. The van der Waals surface area contributed by atoms with E-state index in [0.717, 1.165) is 0 Å². The fourth-order valence-electron chi connectivity index (χ4n) is 2.02. The van der Waals surface area contributed by atoms with Crippen LogP contribution in [-0.2, 0) is 7.05 Å². The summed E-state index contributed by atoms with van der Waals surface area (Å²) in [5.74, 6) is -0.776. The van der Waals surface area contributed by atoms with E-state index in [2.05, 4.69) is 5.10 Å². The van der Waals surface area contributed by atoms with E-state index in [4.69, 9.17) is 21.4 Å². The Bertz CT molecular complexity index is 694. The molecule has 1 aromatic carbocycles. The molecule has 0 saturated carbocycles. The summed E-state index contributed by atoms with van der Waals surface area (Å²) in [6.07, 6.45) is 0. The number of phenols is 1. The summed E-state index contributed by atoms with van der Waals surface area (Å²) in [5.41, 5.74) is 1.22. The lowest BCUT2D eigenvalue weighted by atomic mass is 10.1. The number of halogens is 1. The molecule has 0 bridgehead atoms. The molecule has 0 aliphatic carbocycles. The topological polar surface area (TPSA) is 84.6 Å². The summed E-state index contributed by atoms with van der Waals surface area (Å²) in [7, 11) is 3.05. The molecule has 7 heteroatoms. The Hall–Kier alpha value is -2.21. The molecule has 0 aliphatic rings. The van der Waals surface area contributed by atoms with Gasteiger partial charge in [-0.3, -0.25) is 4.68 Å². The second-order valence-corrected chi connectivity index (χ2v) is 4.66. The Morgan fingerprint density at radius 1 is 1.45 bits per heavy atom. The number of ether oxygens (including phenoxy) is 1. The van der Waals surface area contributed by atoms with Gasteiger partial charge in [0.15, 0.2) is 5.69 Å². The largest absolute Gasteiger partial charge is 0.507 e. The van der Waals surface area contributed by atoms with Crippen molar-refractivity contribution in [2.24, 2.45) is 7.05 Å². The zero-order valence-corrected chi connectivity index (χ0v) is 11.9. The van der Waals surface area contributed by atoms with Gasteiger partial charge in [-0.1, -0.05) is 11.6 Å². The third-order valence-electron chi connectivity index (χ3n) is 3.02. The number of carboxylic acids is 1. The molecule has 106 valence electrons. The third-order valence-corrected chi connectivity index (χ3v) is 3.30. The maximum Gasteiger partial charge on any atom is 0.356 e. The molecular formula is C13H13ClN2O4. The predicted octanol–water partition coefficient (Wildman–Crippen LogP) is 2.46. The molecule has 0 aliphatic heterocycles. The number of aryl methyl sites for hydroxylation is 1. The number of aromatic hydroxyl groups is 1. The number of carbonyl (C=O) groups is 1. The molecule has 0 fully saturated rings. The number of aromatic nitrogens is 2. The van der Waals surface area contributed by atoms with Gasteiger partial charge in [0.2, 0.25) is 0 Å². The molecule has 2 aromatic rings. The fourth-order valence-corrected chi connectivity index (χ4v) is 2.35. The molecule has 0 atom stereocenters. The van der Waals surface area contributed by atoms with Gasteiger partial charge in [-0.2, -0.15) is 5.10 Å². The van der Waals surface area contributed by atoms with Crippen LogP contribution in [0, 0.1) is 6.92 Å². The van der Waals surface area contributed by atoms with Crippen LogP contribution in [0.4, 0.5) is 0 Å². The Labute approximate surface area is 120 Å². The van der Waals surface area contributed by atoms with Gasteiger partial charge in [0.1, 0.15) is 11.5 Å². The van der Waals surface area contributed by atoms with Crippen molar-refractivity contribution in [1.82, 2.24) is 9.78 Å². The predicted molar refractivity (Wildman–Crippen MR) is 73.6 cm³/mol. The molecule has 0 unspecified atom stereocenters. The van der Waals surface area contributed by atoms with Gasteiger partial charge in [-0.05, 0) is 19.1 Å². The Balaban J connectivity index is 2.67. The summed E-state index contributed by atoms with van der Waals surface area (Å²) >= 11 is 6.10. The molecule has 2 N–H and O–H groups in total. The van der Waals surface area contributed by atoms with Gasteiger partial charge in [-0.15, -0.1) is 0 Å². The lowest BCUT2D eigenvalue weighted by molar-refractivity contribution is 0.0689. The van der Waals surface area contributed by atoms with Gasteiger partial charge in [0, 0.05) is 18.2 Å². The minimum atomic E-state index is -1.14. The SMILES string of the molecule is COc1c(Cl)cc(-c2cc(C(=O)O)nn2C)c(O)c1C. The first-order valence-electron chi connectivity index (χ1n) is 5.70. The highest BCUT2D eigenvalue weighted by atomic mass is 35.5. The van der Waals surface area contributed by atoms with Crippen molar-refractivity contribution in [2.75, 3.05) is 7.11 Å². The minimum Gasteiger partial charge on any atom is -0.507 e. The maximum absolute atomic E-state index is 10.9. The maximum atomic E-state index is 10.9. The minimum absolute atomic E-state index is 0.0220. The quantitative estimate of drug-likeness (QED) is 0.909. The third kappa shape index (κ3) is 2.18. The molecule has 1 heterocycles. The van der Waals surface area contributed by atoms with Crippen molar-refractivity contribution in [3.8, 4) is 22.8 Å². The molecule has 1 aromatic heterocycles. The number of phenolic OH excluding ortho intramolecular Hbond substituents is 1. The van der Waals surface area contributed by atoms with Crippen LogP contribution in [0.2, 0.25) is 5.02 Å². The van der Waals surface area contributed by atoms with E-state index < -0.39 is 5.97 Å². The van der Waals surface area contributed by atoms with Gasteiger partial charge >= 0.3 is 5.97 Å². The highest BCUT2D eigenvalue weighted by Gasteiger charge is 2.20. The van der Waals surface area contributed by atoms with E-state index in [9.17, 15) is 9.90 Å². The number of hydrogen-bond acceptors (Lipinski definition) is 4. The lowest BCUT2D eigenvalue weighted by Crippen LogP contribution is -1.99. The summed E-state index contributed by atoms with van der Waals surface area (Å²) < 4.78 is 6.49. The van der Waals surface area contributed by atoms with E-state index in [-0.39, 0.29) is 11.4 Å². The molecule has 2 rings (SSSR count). The van der Waals surface area contributed by atoms with Crippen LogP contribution in [-0.4, -0.2) is 33.1 Å². The van der Waals surface area contributed by atoms with Crippen molar-refractivity contribution in [3.05, 3.63) is 28.4 Å². The Morgan fingerprint density at radius 2 is 2.10 bits per heavy atom. The van der Waals surface area contributed by atoms with Gasteiger partial charge in [0.05, 0.1) is 17.8 Å². The molecule has 0 radical (unpaired) electrons. The van der Waals surface area contributed by atoms with Crippen LogP contribution in [0.15, 0.2) is 12.1 Å². The number of carboxylic acid groups (broad SMARTS) is 1. The van der Waals surface area contributed by atoms with E-state index in [0.29, 0.717) is 27.6 Å². The average Bonchev–Trinajstić information content (AvgIpc) is 2.77. The molecule has 0 amide bonds. The first-order valence-corrected chi connectivity index (χ1v) is 6.08. The highest BCUT2D eigenvalue weighted by Crippen LogP contribution is 2.41. The van der Waals surface area contributed by atoms with E-state index in [1.165, 1.54) is 23.9 Å². The van der Waals surface area contributed by atoms with Crippen LogP contribution in [0.1, 0.15) is 16.1 Å². The van der Waals surface area contributed by atoms with Crippen molar-refractivity contribution in [3.63, 3.8) is 0 Å². The van der Waals surface area contributed by atoms with Crippen molar-refractivity contribution in [1.29, 1.82) is 0 Å². The molecule has 0 saturated heterocycles. The zero-order chi connectivity index (χ0) is 15.0. The second-order valence-electron chi connectivity index (χ2n) is 4.26. The molecule has 6 nitrogen and oxygen atoms in total. The standard InChI is InChI=1S/C13H13ClN2O4/c1-6-11(17)7(4-8(14)12(6)20-3)10-5-9(13(18)19)15-16(10)2/h4-5,17H,1-3H3,(H,18,19). The van der Waals surface area contributed by atoms with Crippen molar-refractivity contribution in [2.45, 2.75) is 6.92 Å². The normalized spacial score (nSPS) is 10.6. The fraction of sp³-hybridized carbons (Fsp3) is 0.231. The van der Waals surface area contributed by atoms with Crippen LogP contribution in [0.25, 0.3) is 11.3 Å². The van der Waals surface area contributed by atoms with E-state index >= 15 is 0 Å². The number of methoxy groups -OCH3 is 1. The van der Waals surface area contributed by atoms with E-state index in [1.807, 2.05) is 0 Å². The van der Waals surface area contributed by atoms with E-state index in [1.54, 1.807) is 14.0 Å². The van der Waals surface area contributed by atoms with Crippen LogP contribution < -0.4 is 4.74 Å². The smallest absolute Gasteiger partial charge is 0.356 e. The van der Waals surface area contributed by atoms with Crippen molar-refractivity contribution < 1.29 is 19.7 Å². The summed E-state index contributed by atoms with van der Waals surface area (Å²) in [5, 5.41) is 23.4. The zero-order valence-electron chi connectivity index (χ0n) is 11.1. The summed E-state index contributed by atoms with van der Waals surface area (Å²) in [6.45, 7) is 1.66. The first-order chi connectivity index (χ1) is 9.36. The number of aromatic carboxylic acids is 1. The summed E-state index contributed by atoms with van der Waals surface area (Å²) in [6, 6.07) is 2.89. The number of rotatable bonds is 3. The number of benzene rings is 1. The second kappa shape index (κ2) is 5.05. The van der Waals surface area contributed by atoms with Gasteiger partial charge in [-0.25, -0.2) is 4.79 Å². The molecular weight excluding hydrogens is 284 g/mol. The number of nitrogens with zero attached hydrogens (tertiary/aromatic N) is 2. The Morgan fingerprint density at radius 3 is 2.60 bits per heavy atom. The first kappa shape index (κ1) is 14.2. The van der Waals surface area contributed by atoms with Crippen LogP contribution >= 0.6 is 11.6 Å². The van der Waals surface area contributed by atoms with Crippen molar-refractivity contribution >= 4 is 17.6 Å². The Kier molecular flexibility index (Phi) is 3.59. The monoisotopic (exact) mass is 296 g/mol. The molecule has 0 spiro atoms. The van der Waals surface area contributed by atoms with Crippen LogP contribution in [0.3, 0.4) is 0 Å².